The number of hydrogen-bond acceptors (Lipinski definition) is 4. The number of hydrogen-bond donors (Lipinski definition) is 2. The van der Waals surface area contributed by atoms with Crippen molar-refractivity contribution in [2.45, 2.75) is 35.3 Å². The van der Waals surface area contributed by atoms with Crippen molar-refractivity contribution < 1.29 is 90.2 Å². The quantitative estimate of drug-likeness (QED) is 0.277. The van der Waals surface area contributed by atoms with Crippen LogP contribution in [0.2, 0.25) is 0 Å². The van der Waals surface area contributed by atoms with Crippen molar-refractivity contribution in [2.24, 2.45) is 0 Å². The molecule has 2 N–H and O–H groups in total. The zero-order valence-electron chi connectivity index (χ0n) is 14.8. The molecule has 2 aliphatic rings. The van der Waals surface area contributed by atoms with Gasteiger partial charge in [-0.25, -0.2) is 35.1 Å². The van der Waals surface area contributed by atoms with E-state index in [1.807, 2.05) is 0 Å². The van der Waals surface area contributed by atoms with Crippen LogP contribution in [-0.2, 0) is 9.78 Å². The first kappa shape index (κ1) is 27.9. The standard InChI is InChI=1S/C14H2F16O4/c15-1-3(17)7(21)11(23,24)9(31,5(1)19)13(27,28)33-34-14(29,30)10(32)6(20)2(16)4(18)8(22)12(10,25)26/h31-32H. The molecule has 0 saturated heterocycles. The summed E-state index contributed by atoms with van der Waals surface area (Å²) in [5.74, 6) is -43.5. The predicted octanol–water partition coefficient (Wildman–Crippen LogP) is 5.48. The van der Waals surface area contributed by atoms with Crippen LogP contribution >= 0.6 is 0 Å². The largest absolute Gasteiger partial charge is 0.422 e. The summed E-state index contributed by atoms with van der Waals surface area (Å²) >= 11 is 0. The van der Waals surface area contributed by atoms with Crippen LogP contribution in [0.15, 0.2) is 46.6 Å². The SMILES string of the molecule is OC1(C(F)(F)OOC(F)(F)C2(O)C(F)=C(F)C(F)=C(F)C2(F)F)C(F)=C(F)C(F)=C(F)C1(F)F. The molecule has 0 spiro atoms. The van der Waals surface area contributed by atoms with E-state index in [9.17, 15) is 70.2 Å². The van der Waals surface area contributed by atoms with Crippen molar-refractivity contribution in [2.75, 3.05) is 0 Å². The highest BCUT2D eigenvalue weighted by molar-refractivity contribution is 5.44. The molecule has 20 heteroatoms. The van der Waals surface area contributed by atoms with Gasteiger partial charge in [0.15, 0.2) is 35.0 Å². The van der Waals surface area contributed by atoms with Gasteiger partial charge < -0.3 is 10.2 Å². The lowest BCUT2D eigenvalue weighted by Gasteiger charge is -2.42. The van der Waals surface area contributed by atoms with E-state index in [4.69, 9.17) is 10.2 Å². The molecule has 0 amide bonds. The Morgan fingerprint density at radius 1 is 0.471 bits per heavy atom. The third-order valence-corrected chi connectivity index (χ3v) is 4.35. The Labute approximate surface area is 173 Å². The van der Waals surface area contributed by atoms with Crippen molar-refractivity contribution in [3.8, 4) is 0 Å². The Balaban J connectivity index is 2.56. The summed E-state index contributed by atoms with van der Waals surface area (Å²) in [6.07, 6.45) is -14.0. The van der Waals surface area contributed by atoms with E-state index in [0.717, 1.165) is 0 Å². The van der Waals surface area contributed by atoms with Crippen molar-refractivity contribution in [3.63, 3.8) is 0 Å². The maximum atomic E-state index is 13.9. The number of rotatable bonds is 5. The molecule has 194 valence electrons. The Bertz CT molecular complexity index is 960. The van der Waals surface area contributed by atoms with Crippen LogP contribution in [0, 0.1) is 0 Å². The minimum absolute atomic E-state index is 2.13. The molecular formula is C14H2F16O4. The molecule has 2 unspecified atom stereocenters. The summed E-state index contributed by atoms with van der Waals surface area (Å²) in [5.41, 5.74) is -12.9. The fraction of sp³-hybridized carbons (Fsp3) is 0.429. The summed E-state index contributed by atoms with van der Waals surface area (Å²) in [7, 11) is 0. The molecule has 0 radical (unpaired) electrons. The van der Waals surface area contributed by atoms with Gasteiger partial charge in [0, 0.05) is 0 Å². The fourth-order valence-electron chi connectivity index (χ4n) is 2.42. The highest BCUT2D eigenvalue weighted by Crippen LogP contribution is 2.59. The summed E-state index contributed by atoms with van der Waals surface area (Å²) in [4.78, 5) is 4.26. The third-order valence-electron chi connectivity index (χ3n) is 4.35. The van der Waals surface area contributed by atoms with E-state index in [1.54, 1.807) is 0 Å². The molecule has 4 nitrogen and oxygen atoms in total. The van der Waals surface area contributed by atoms with Gasteiger partial charge in [-0.1, -0.05) is 0 Å². The summed E-state index contributed by atoms with van der Waals surface area (Å²) < 4.78 is 216. The van der Waals surface area contributed by atoms with Gasteiger partial charge in [-0.15, -0.1) is 0 Å². The van der Waals surface area contributed by atoms with Gasteiger partial charge in [-0.05, 0) is 0 Å². The molecular weight excluding hydrogens is 536 g/mol. The van der Waals surface area contributed by atoms with E-state index >= 15 is 0 Å². The molecule has 0 aromatic heterocycles. The molecule has 0 aliphatic heterocycles. The molecule has 0 bridgehead atoms. The summed E-state index contributed by atoms with van der Waals surface area (Å²) in [5, 5.41) is 18.3. The molecule has 2 rings (SSSR count). The van der Waals surface area contributed by atoms with E-state index in [0.29, 0.717) is 0 Å². The topological polar surface area (TPSA) is 58.9 Å². The minimum atomic E-state index is -6.99. The fourth-order valence-corrected chi connectivity index (χ4v) is 2.42. The van der Waals surface area contributed by atoms with Crippen LogP contribution in [0.4, 0.5) is 70.2 Å². The van der Waals surface area contributed by atoms with Gasteiger partial charge in [0.25, 0.3) is 11.2 Å². The third kappa shape index (κ3) is 3.10. The Morgan fingerprint density at radius 3 is 0.912 bits per heavy atom. The van der Waals surface area contributed by atoms with Crippen molar-refractivity contribution >= 4 is 0 Å². The molecule has 0 aromatic rings. The van der Waals surface area contributed by atoms with Gasteiger partial charge >= 0.3 is 24.1 Å². The molecule has 34 heavy (non-hydrogen) atoms. The number of aliphatic hydroxyl groups is 2. The van der Waals surface area contributed by atoms with Crippen LogP contribution in [0.25, 0.3) is 0 Å². The molecule has 2 aliphatic carbocycles. The lowest BCUT2D eigenvalue weighted by Crippen LogP contribution is -2.67. The van der Waals surface area contributed by atoms with Crippen LogP contribution in [0.1, 0.15) is 0 Å². The number of allylic oxidation sites excluding steroid dienone is 4. The molecule has 0 saturated carbocycles. The Hall–Kier alpha value is -2.32. The number of alkyl halides is 8. The Kier molecular flexibility index (Phi) is 6.23. The first-order chi connectivity index (χ1) is 15.0. The van der Waals surface area contributed by atoms with Gasteiger partial charge in [-0.2, -0.15) is 44.9 Å². The second kappa shape index (κ2) is 7.59. The van der Waals surface area contributed by atoms with E-state index in [-0.39, 0.29) is 0 Å². The van der Waals surface area contributed by atoms with Crippen LogP contribution in [0.3, 0.4) is 0 Å². The zero-order valence-corrected chi connectivity index (χ0v) is 14.8. The van der Waals surface area contributed by atoms with Crippen molar-refractivity contribution in [1.29, 1.82) is 0 Å². The average Bonchev–Trinajstić information content (AvgIpc) is 2.75. The lowest BCUT2D eigenvalue weighted by atomic mass is 9.86. The predicted molar refractivity (Wildman–Crippen MR) is 68.8 cm³/mol. The van der Waals surface area contributed by atoms with Crippen molar-refractivity contribution in [3.05, 3.63) is 46.6 Å². The highest BCUT2D eigenvalue weighted by Gasteiger charge is 2.81. The van der Waals surface area contributed by atoms with Gasteiger partial charge in [0.1, 0.15) is 0 Å². The average molecular weight is 538 g/mol. The summed E-state index contributed by atoms with van der Waals surface area (Å²) in [6, 6.07) is 0. The molecule has 0 aromatic carbocycles. The molecule has 0 heterocycles. The van der Waals surface area contributed by atoms with E-state index < -0.39 is 81.9 Å². The summed E-state index contributed by atoms with van der Waals surface area (Å²) in [6.45, 7) is 0. The van der Waals surface area contributed by atoms with Crippen LogP contribution in [-0.4, -0.2) is 45.5 Å². The monoisotopic (exact) mass is 538 g/mol. The normalized spacial score (nSPS) is 30.5. The second-order valence-electron chi connectivity index (χ2n) is 6.28. The van der Waals surface area contributed by atoms with E-state index in [2.05, 4.69) is 9.78 Å². The van der Waals surface area contributed by atoms with Crippen LogP contribution < -0.4 is 0 Å². The highest BCUT2D eigenvalue weighted by atomic mass is 19.3. The van der Waals surface area contributed by atoms with Gasteiger partial charge in [0.05, 0.1) is 0 Å². The minimum Gasteiger partial charge on any atom is -0.370 e. The van der Waals surface area contributed by atoms with E-state index in [1.165, 1.54) is 0 Å². The first-order valence-corrected chi connectivity index (χ1v) is 7.55. The maximum Gasteiger partial charge on any atom is 0.422 e. The maximum absolute atomic E-state index is 13.9. The zero-order chi connectivity index (χ0) is 27.0. The van der Waals surface area contributed by atoms with Crippen LogP contribution in [0.5, 0.6) is 0 Å². The van der Waals surface area contributed by atoms with Crippen molar-refractivity contribution in [1.82, 2.24) is 0 Å². The molecule has 0 fully saturated rings. The smallest absolute Gasteiger partial charge is 0.370 e. The van der Waals surface area contributed by atoms with Gasteiger partial charge in [-0.3, -0.25) is 0 Å². The number of halogens is 16. The lowest BCUT2D eigenvalue weighted by molar-refractivity contribution is -0.568. The second-order valence-corrected chi connectivity index (χ2v) is 6.28. The Morgan fingerprint density at radius 2 is 0.676 bits per heavy atom. The molecule has 2 atom stereocenters. The first-order valence-electron chi connectivity index (χ1n) is 7.55. The van der Waals surface area contributed by atoms with Gasteiger partial charge in [0.2, 0.25) is 11.7 Å².